The van der Waals surface area contributed by atoms with E-state index in [2.05, 4.69) is 20.4 Å². The summed E-state index contributed by atoms with van der Waals surface area (Å²) in [6.45, 7) is 8.69. The molecule has 1 heterocycles. The van der Waals surface area contributed by atoms with Crippen LogP contribution in [-0.2, 0) is 4.79 Å². The molecule has 1 aliphatic heterocycles. The number of rotatable bonds is 2. The van der Waals surface area contributed by atoms with Crippen molar-refractivity contribution >= 4 is 5.91 Å². The number of nitrogens with zero attached hydrogens (tertiary/aromatic N) is 1. The third kappa shape index (κ3) is 1.62. The Hall–Kier alpha value is -1.05. The standard InChI is InChI=1S/C13H19NO/c1-4-7-14-8-10(3)11-6-5-9(2)12(11)13(14)15/h4,8-9,11-12H,1,5-7H2,2-3H3/t9-,11+,12+/m0/s1. The number of carbonyl (C=O) groups excluding carboxylic acids is 1. The summed E-state index contributed by atoms with van der Waals surface area (Å²) in [7, 11) is 0. The zero-order valence-corrected chi connectivity index (χ0v) is 9.57. The summed E-state index contributed by atoms with van der Waals surface area (Å²) in [5.41, 5.74) is 1.37. The summed E-state index contributed by atoms with van der Waals surface area (Å²) >= 11 is 0. The van der Waals surface area contributed by atoms with Gasteiger partial charge in [-0.25, -0.2) is 0 Å². The summed E-state index contributed by atoms with van der Waals surface area (Å²) < 4.78 is 0. The quantitative estimate of drug-likeness (QED) is 0.634. The fourth-order valence-electron chi connectivity index (χ4n) is 3.00. The van der Waals surface area contributed by atoms with Crippen LogP contribution in [0, 0.1) is 17.8 Å². The van der Waals surface area contributed by atoms with Crippen LogP contribution in [0.2, 0.25) is 0 Å². The van der Waals surface area contributed by atoms with Crippen molar-refractivity contribution in [3.8, 4) is 0 Å². The van der Waals surface area contributed by atoms with Crippen LogP contribution < -0.4 is 0 Å². The Balaban J connectivity index is 2.28. The molecule has 2 aliphatic rings. The molecule has 2 nitrogen and oxygen atoms in total. The van der Waals surface area contributed by atoms with E-state index in [1.807, 2.05) is 11.1 Å². The van der Waals surface area contributed by atoms with Gasteiger partial charge in [-0.2, -0.15) is 0 Å². The minimum atomic E-state index is 0.231. The molecular formula is C13H19NO. The first-order valence-corrected chi connectivity index (χ1v) is 5.75. The highest BCUT2D eigenvalue weighted by Crippen LogP contribution is 2.44. The van der Waals surface area contributed by atoms with E-state index in [4.69, 9.17) is 0 Å². The van der Waals surface area contributed by atoms with Crippen LogP contribution >= 0.6 is 0 Å². The molecule has 0 N–H and O–H groups in total. The van der Waals surface area contributed by atoms with Gasteiger partial charge in [0.15, 0.2) is 0 Å². The van der Waals surface area contributed by atoms with Crippen LogP contribution in [0.1, 0.15) is 26.7 Å². The Kier molecular flexibility index (Phi) is 2.68. The fourth-order valence-corrected chi connectivity index (χ4v) is 3.00. The molecule has 3 atom stereocenters. The first-order valence-electron chi connectivity index (χ1n) is 5.75. The molecular weight excluding hydrogens is 186 g/mol. The lowest BCUT2D eigenvalue weighted by Crippen LogP contribution is -2.40. The van der Waals surface area contributed by atoms with Gasteiger partial charge in [0.25, 0.3) is 0 Å². The summed E-state index contributed by atoms with van der Waals surface area (Å²) in [6.07, 6.45) is 6.18. The Morgan fingerprint density at radius 3 is 3.00 bits per heavy atom. The van der Waals surface area contributed by atoms with Gasteiger partial charge in [-0.15, -0.1) is 6.58 Å². The van der Waals surface area contributed by atoms with Gasteiger partial charge in [0, 0.05) is 18.7 Å². The summed E-state index contributed by atoms with van der Waals surface area (Å²) in [5, 5.41) is 0. The van der Waals surface area contributed by atoms with E-state index in [9.17, 15) is 4.79 Å². The van der Waals surface area contributed by atoms with Crippen molar-refractivity contribution in [2.45, 2.75) is 26.7 Å². The predicted octanol–water partition coefficient (Wildman–Crippen LogP) is 2.58. The van der Waals surface area contributed by atoms with Gasteiger partial charge in [0.05, 0.1) is 0 Å². The molecule has 0 spiro atoms. The highest BCUT2D eigenvalue weighted by Gasteiger charge is 2.43. The molecule has 0 aromatic heterocycles. The average Bonchev–Trinajstić information content (AvgIpc) is 2.57. The molecule has 0 aromatic rings. The van der Waals surface area contributed by atoms with Crippen molar-refractivity contribution in [1.82, 2.24) is 4.90 Å². The number of hydrogen-bond donors (Lipinski definition) is 0. The van der Waals surface area contributed by atoms with Gasteiger partial charge in [-0.05, 0) is 31.6 Å². The maximum absolute atomic E-state index is 12.2. The number of fused-ring (bicyclic) bond motifs is 1. The van der Waals surface area contributed by atoms with E-state index >= 15 is 0 Å². The normalized spacial score (nSPS) is 35.1. The third-order valence-electron chi connectivity index (χ3n) is 3.82. The summed E-state index contributed by atoms with van der Waals surface area (Å²) in [5.74, 6) is 1.58. The van der Waals surface area contributed by atoms with Crippen molar-refractivity contribution in [3.63, 3.8) is 0 Å². The molecule has 82 valence electrons. The molecule has 0 unspecified atom stereocenters. The predicted molar refractivity (Wildman–Crippen MR) is 61.0 cm³/mol. The molecule has 0 bridgehead atoms. The largest absolute Gasteiger partial charge is 0.315 e. The van der Waals surface area contributed by atoms with Gasteiger partial charge in [0.1, 0.15) is 0 Å². The highest BCUT2D eigenvalue weighted by molar-refractivity contribution is 5.82. The van der Waals surface area contributed by atoms with Gasteiger partial charge in [-0.1, -0.05) is 18.6 Å². The first-order chi connectivity index (χ1) is 7.15. The van der Waals surface area contributed by atoms with Crippen molar-refractivity contribution < 1.29 is 4.79 Å². The van der Waals surface area contributed by atoms with E-state index in [1.54, 1.807) is 6.08 Å². The molecule has 1 fully saturated rings. The lowest BCUT2D eigenvalue weighted by molar-refractivity contribution is -0.135. The van der Waals surface area contributed by atoms with Gasteiger partial charge in [0.2, 0.25) is 5.91 Å². The molecule has 0 saturated heterocycles. The highest BCUT2D eigenvalue weighted by atomic mass is 16.2. The molecule has 0 aromatic carbocycles. The van der Waals surface area contributed by atoms with Crippen molar-refractivity contribution in [2.75, 3.05) is 6.54 Å². The van der Waals surface area contributed by atoms with Crippen molar-refractivity contribution in [3.05, 3.63) is 24.4 Å². The molecule has 2 rings (SSSR count). The zero-order valence-electron chi connectivity index (χ0n) is 9.57. The van der Waals surface area contributed by atoms with E-state index in [-0.39, 0.29) is 5.92 Å². The maximum Gasteiger partial charge on any atom is 0.230 e. The second-order valence-electron chi connectivity index (χ2n) is 4.84. The topological polar surface area (TPSA) is 20.3 Å². The van der Waals surface area contributed by atoms with E-state index < -0.39 is 0 Å². The maximum atomic E-state index is 12.2. The SMILES string of the molecule is C=CCN1C=C(C)[C@H]2CC[C@H](C)[C@H]2C1=O. The Morgan fingerprint density at radius 1 is 1.60 bits per heavy atom. The minimum absolute atomic E-state index is 0.231. The van der Waals surface area contributed by atoms with E-state index in [0.717, 1.165) is 0 Å². The number of hydrogen-bond acceptors (Lipinski definition) is 1. The van der Waals surface area contributed by atoms with Crippen LogP contribution in [0.15, 0.2) is 24.4 Å². The number of allylic oxidation sites excluding steroid dienone is 1. The third-order valence-corrected chi connectivity index (χ3v) is 3.82. The second-order valence-corrected chi connectivity index (χ2v) is 4.84. The minimum Gasteiger partial charge on any atom is -0.315 e. The Morgan fingerprint density at radius 2 is 2.33 bits per heavy atom. The number of amides is 1. The summed E-state index contributed by atoms with van der Waals surface area (Å²) in [4.78, 5) is 14.0. The van der Waals surface area contributed by atoms with Gasteiger partial charge >= 0.3 is 0 Å². The van der Waals surface area contributed by atoms with Crippen molar-refractivity contribution in [1.29, 1.82) is 0 Å². The smallest absolute Gasteiger partial charge is 0.230 e. The monoisotopic (exact) mass is 205 g/mol. The zero-order chi connectivity index (χ0) is 11.0. The van der Waals surface area contributed by atoms with Crippen LogP contribution in [0.4, 0.5) is 0 Å². The molecule has 2 heteroatoms. The first kappa shape index (κ1) is 10.5. The van der Waals surface area contributed by atoms with Crippen molar-refractivity contribution in [2.24, 2.45) is 17.8 Å². The average molecular weight is 205 g/mol. The lowest BCUT2D eigenvalue weighted by atomic mass is 9.82. The van der Waals surface area contributed by atoms with Crippen LogP contribution in [0.3, 0.4) is 0 Å². The van der Waals surface area contributed by atoms with E-state index in [0.29, 0.717) is 24.3 Å². The van der Waals surface area contributed by atoms with Gasteiger partial charge < -0.3 is 4.90 Å². The van der Waals surface area contributed by atoms with Crippen LogP contribution in [0.5, 0.6) is 0 Å². The molecule has 1 saturated carbocycles. The van der Waals surface area contributed by atoms with Gasteiger partial charge in [-0.3, -0.25) is 4.79 Å². The fraction of sp³-hybridized carbons (Fsp3) is 0.615. The Bertz CT molecular complexity index is 318. The molecule has 1 amide bonds. The van der Waals surface area contributed by atoms with Crippen LogP contribution in [-0.4, -0.2) is 17.4 Å². The molecule has 15 heavy (non-hydrogen) atoms. The molecule has 0 radical (unpaired) electrons. The number of carbonyl (C=O) groups is 1. The second kappa shape index (κ2) is 3.84. The van der Waals surface area contributed by atoms with E-state index in [1.165, 1.54) is 18.4 Å². The lowest BCUT2D eigenvalue weighted by Gasteiger charge is -2.33. The molecule has 1 aliphatic carbocycles. The van der Waals surface area contributed by atoms with Crippen LogP contribution in [0.25, 0.3) is 0 Å². The Labute approximate surface area is 91.6 Å². The summed E-state index contributed by atoms with van der Waals surface area (Å²) in [6, 6.07) is 0.